The summed E-state index contributed by atoms with van der Waals surface area (Å²) in [4.78, 5) is 9.60. The summed E-state index contributed by atoms with van der Waals surface area (Å²) in [5.74, 6) is 0. The number of fused-ring (bicyclic) bond motifs is 18. The number of anilines is 12. The molecule has 21 aromatic carbocycles. The highest BCUT2D eigenvalue weighted by Gasteiger charge is 2.38. The average Bonchev–Trinajstić information content (AvgIpc) is 1.58. The van der Waals surface area contributed by atoms with Crippen molar-refractivity contribution in [1.29, 1.82) is 0 Å². The molecule has 0 saturated carbocycles. The van der Waals surface area contributed by atoms with Gasteiger partial charge in [0.1, 0.15) is 22.3 Å². The zero-order valence-corrected chi connectivity index (χ0v) is 77.7. The van der Waals surface area contributed by atoms with Crippen molar-refractivity contribution in [3.05, 3.63) is 508 Å². The lowest BCUT2D eigenvalue weighted by Gasteiger charge is -2.30. The fourth-order valence-electron chi connectivity index (χ4n) is 22.8. The SMILES string of the molecule is CC1(C)c2ccccc2-c2ccc(N(c3ccc(-c4ccc(-c5ccc(N(c6ccc(N(c7ccc(-c8cccc9c8oc8ccccc89)cc7)c7ccc(-n8c9ccccc9c9ccccc98)cc7)cc6)c6ccc7c(c6)C(C)(C)c6ccccc6-7)cc5)cc4)cc3)c3ccc(N(c4ccc(-c5cccc6c5oc5ccccc56)cc4)c4ccc(-n5c6ccccc6c6ccccc65)cc4)cc3)cc21. The van der Waals surface area contributed by atoms with Gasteiger partial charge in [0.25, 0.3) is 0 Å². The predicted octanol–water partition coefficient (Wildman–Crippen LogP) is 36.8. The predicted molar refractivity (Wildman–Crippen MR) is 585 cm³/mol. The maximum Gasteiger partial charge on any atom is 0.143 e. The van der Waals surface area contributed by atoms with Crippen molar-refractivity contribution in [2.45, 2.75) is 38.5 Å². The number of hydrogen-bond donors (Lipinski definition) is 0. The Morgan fingerprint density at radius 2 is 0.393 bits per heavy atom. The van der Waals surface area contributed by atoms with E-state index in [-0.39, 0.29) is 10.8 Å². The first-order valence-corrected chi connectivity index (χ1v) is 48.3. The van der Waals surface area contributed by atoms with Crippen molar-refractivity contribution >= 4 is 156 Å². The molecule has 0 unspecified atom stereocenters. The van der Waals surface area contributed by atoms with E-state index in [0.717, 1.165) is 168 Å². The van der Waals surface area contributed by atoms with Gasteiger partial charge >= 0.3 is 0 Å². The fourth-order valence-corrected chi connectivity index (χ4v) is 22.8. The van der Waals surface area contributed by atoms with Gasteiger partial charge in [0, 0.05) is 145 Å². The van der Waals surface area contributed by atoms with Gasteiger partial charge in [-0.05, 0) is 284 Å². The molecule has 0 N–H and O–H groups in total. The first kappa shape index (κ1) is 81.6. The van der Waals surface area contributed by atoms with Crippen LogP contribution < -0.4 is 19.6 Å². The van der Waals surface area contributed by atoms with Gasteiger partial charge in [-0.1, -0.05) is 307 Å². The van der Waals surface area contributed by atoms with Crippen molar-refractivity contribution < 1.29 is 8.83 Å². The monoisotopic (exact) mass is 1790 g/mol. The summed E-state index contributed by atoms with van der Waals surface area (Å²) in [5.41, 5.74) is 41.8. The van der Waals surface area contributed by atoms with Crippen LogP contribution in [0, 0.1) is 0 Å². The Kier molecular flexibility index (Phi) is 18.9. The van der Waals surface area contributed by atoms with Gasteiger partial charge < -0.3 is 37.6 Å². The molecular formula is C132H92N6O2. The molecule has 662 valence electrons. The van der Waals surface area contributed by atoms with Gasteiger partial charge in [-0.25, -0.2) is 0 Å². The molecule has 0 aliphatic heterocycles. The van der Waals surface area contributed by atoms with E-state index in [0.29, 0.717) is 0 Å². The number of aromatic nitrogens is 2. The second kappa shape index (κ2) is 32.4. The summed E-state index contributed by atoms with van der Waals surface area (Å²) >= 11 is 0. The number of benzene rings is 21. The quantitative estimate of drug-likeness (QED) is 0.0853. The smallest absolute Gasteiger partial charge is 0.143 e. The van der Waals surface area contributed by atoms with Crippen LogP contribution in [0.3, 0.4) is 0 Å². The Labute approximate surface area is 811 Å². The number of hydrogen-bond acceptors (Lipinski definition) is 6. The summed E-state index contributed by atoms with van der Waals surface area (Å²) in [7, 11) is 0. The number of para-hydroxylation sites is 8. The summed E-state index contributed by atoms with van der Waals surface area (Å²) < 4.78 is 18.0. The van der Waals surface area contributed by atoms with Crippen LogP contribution in [-0.4, -0.2) is 9.13 Å². The van der Waals surface area contributed by atoms with Crippen LogP contribution in [0.25, 0.3) is 166 Å². The van der Waals surface area contributed by atoms with E-state index in [1.54, 1.807) is 0 Å². The molecule has 0 atom stereocenters. The normalized spacial score (nSPS) is 12.8. The van der Waals surface area contributed by atoms with Crippen molar-refractivity contribution in [2.24, 2.45) is 0 Å². The minimum atomic E-state index is -0.215. The summed E-state index contributed by atoms with van der Waals surface area (Å²) in [6.07, 6.45) is 0. The average molecular weight is 1790 g/mol. The third-order valence-corrected chi connectivity index (χ3v) is 29.8. The van der Waals surface area contributed by atoms with Gasteiger partial charge in [-0.3, -0.25) is 0 Å². The standard InChI is InChI=1S/C132H92N6O2/c1-131(2)119-35-13-5-23-107(119)109-81-79-103(83-121(109)131)135(99-67-63-95(64-68-99)133(91-59-51-89(52-60-91)105-31-21-33-117-115-29-11-19-41-127(115)139-129(105)117)97-71-75-101(76-72-97)137-123-37-15-7-25-111(123)112-26-8-16-38-124(112)137)93-55-47-87(48-56-93)85-43-45-86(46-44-85)88-49-57-94(58-50-88)136(104-80-82-110-108-24-6-14-36-120(108)132(3,4)122(110)84-104)100-69-65-96(66-70-100)134(92-61-53-90(54-62-92)106-32-22-34-118-116-30-12-20-42-128(116)140-130(106)118)98-73-77-102(78-74-98)138-125-39-17-9-27-113(125)114-28-10-18-40-126(114)138/h5-84H,1-4H3. The Bertz CT molecular complexity index is 8560. The maximum atomic E-state index is 6.61. The first-order chi connectivity index (χ1) is 68.9. The van der Waals surface area contributed by atoms with E-state index in [9.17, 15) is 0 Å². The van der Waals surface area contributed by atoms with E-state index in [4.69, 9.17) is 8.83 Å². The third-order valence-electron chi connectivity index (χ3n) is 29.8. The van der Waals surface area contributed by atoms with Gasteiger partial charge in [0.15, 0.2) is 0 Å². The molecule has 4 aromatic heterocycles. The molecule has 25 aromatic rings. The van der Waals surface area contributed by atoms with Crippen LogP contribution in [0.4, 0.5) is 68.2 Å². The van der Waals surface area contributed by atoms with Crippen molar-refractivity contribution in [3.8, 4) is 78.1 Å². The topological polar surface area (TPSA) is 49.1 Å². The van der Waals surface area contributed by atoms with Crippen LogP contribution in [0.15, 0.2) is 494 Å². The molecule has 0 spiro atoms. The van der Waals surface area contributed by atoms with E-state index >= 15 is 0 Å². The van der Waals surface area contributed by atoms with Crippen LogP contribution in [-0.2, 0) is 10.8 Å². The molecule has 140 heavy (non-hydrogen) atoms. The summed E-state index contributed by atoms with van der Waals surface area (Å²) in [6, 6.07) is 178. The highest BCUT2D eigenvalue weighted by molar-refractivity contribution is 6.13. The van der Waals surface area contributed by atoms with E-state index < -0.39 is 0 Å². The molecule has 4 heterocycles. The number of furan rings is 2. The molecular weight excluding hydrogens is 1700 g/mol. The molecule has 0 bridgehead atoms. The molecule has 27 rings (SSSR count). The number of rotatable bonds is 18. The lowest BCUT2D eigenvalue weighted by molar-refractivity contribution is 0.660. The Morgan fingerprint density at radius 3 is 0.714 bits per heavy atom. The van der Waals surface area contributed by atoms with Crippen LogP contribution >= 0.6 is 0 Å². The van der Waals surface area contributed by atoms with Gasteiger partial charge in [-0.2, -0.15) is 0 Å². The minimum Gasteiger partial charge on any atom is -0.455 e. The van der Waals surface area contributed by atoms with Crippen molar-refractivity contribution in [3.63, 3.8) is 0 Å². The fraction of sp³-hybridized carbons (Fsp3) is 0.0455. The highest BCUT2D eigenvalue weighted by Crippen LogP contribution is 2.55. The largest absolute Gasteiger partial charge is 0.455 e. The zero-order valence-electron chi connectivity index (χ0n) is 77.7. The second-order valence-corrected chi connectivity index (χ2v) is 38.3. The first-order valence-electron chi connectivity index (χ1n) is 48.3. The molecule has 0 fully saturated rings. The van der Waals surface area contributed by atoms with E-state index in [1.807, 2.05) is 12.1 Å². The molecule has 2 aliphatic carbocycles. The van der Waals surface area contributed by atoms with Gasteiger partial charge in [-0.15, -0.1) is 0 Å². The third kappa shape index (κ3) is 13.3. The Morgan fingerprint density at radius 1 is 0.171 bits per heavy atom. The van der Waals surface area contributed by atoms with Gasteiger partial charge in [0.2, 0.25) is 0 Å². The van der Waals surface area contributed by atoms with Crippen LogP contribution in [0.2, 0.25) is 0 Å². The van der Waals surface area contributed by atoms with E-state index in [1.165, 1.54) is 88.1 Å². The Balaban J connectivity index is 0.516. The molecule has 8 nitrogen and oxygen atoms in total. The summed E-state index contributed by atoms with van der Waals surface area (Å²) in [5, 5.41) is 9.38. The van der Waals surface area contributed by atoms with Crippen LogP contribution in [0.1, 0.15) is 49.9 Å². The van der Waals surface area contributed by atoms with E-state index in [2.05, 4.69) is 530 Å². The van der Waals surface area contributed by atoms with Crippen LogP contribution in [0.5, 0.6) is 0 Å². The summed E-state index contributed by atoms with van der Waals surface area (Å²) in [6.45, 7) is 9.46. The minimum absolute atomic E-state index is 0.215. The van der Waals surface area contributed by atoms with Crippen molar-refractivity contribution in [1.82, 2.24) is 9.13 Å². The molecule has 0 saturated heterocycles. The zero-order chi connectivity index (χ0) is 93.0. The Hall–Kier alpha value is -18.0. The highest BCUT2D eigenvalue weighted by atomic mass is 16.3. The lowest BCUT2D eigenvalue weighted by atomic mass is 9.82. The molecule has 0 radical (unpaired) electrons. The second-order valence-electron chi connectivity index (χ2n) is 38.3. The molecule has 0 amide bonds. The lowest BCUT2D eigenvalue weighted by Crippen LogP contribution is -2.16. The van der Waals surface area contributed by atoms with Crippen molar-refractivity contribution in [2.75, 3.05) is 19.6 Å². The molecule has 2 aliphatic rings. The molecule has 8 heteroatoms. The van der Waals surface area contributed by atoms with Gasteiger partial charge in [0.05, 0.1) is 22.1 Å². The number of nitrogens with zero attached hydrogens (tertiary/aromatic N) is 6. The maximum absolute atomic E-state index is 6.61.